The summed E-state index contributed by atoms with van der Waals surface area (Å²) in [6.45, 7) is 4.81. The smallest absolute Gasteiger partial charge is 0.239 e. The first-order chi connectivity index (χ1) is 16.7. The molecule has 0 unspecified atom stereocenters. The molecule has 1 amide bonds. The minimum atomic E-state index is -0.123. The van der Waals surface area contributed by atoms with Crippen LogP contribution in [0, 0.1) is 17.2 Å². The van der Waals surface area contributed by atoms with Gasteiger partial charge in [0.1, 0.15) is 17.4 Å². The lowest BCUT2D eigenvalue weighted by Gasteiger charge is -2.31. The molecule has 0 atom stereocenters. The Balaban J connectivity index is 1.25. The van der Waals surface area contributed by atoms with Crippen molar-refractivity contribution in [2.24, 2.45) is 5.92 Å². The molecule has 1 fully saturated rings. The highest BCUT2D eigenvalue weighted by Gasteiger charge is 2.22. The maximum atomic E-state index is 12.8. The van der Waals surface area contributed by atoms with E-state index in [9.17, 15) is 10.1 Å². The molecule has 0 aliphatic carbocycles. The van der Waals surface area contributed by atoms with Gasteiger partial charge in [0.15, 0.2) is 5.82 Å². The number of rotatable bonds is 9. The van der Waals surface area contributed by atoms with Crippen LogP contribution in [0.25, 0.3) is 5.69 Å². The van der Waals surface area contributed by atoms with Gasteiger partial charge in [-0.15, -0.1) is 0 Å². The molecule has 1 aliphatic heterocycles. The van der Waals surface area contributed by atoms with Crippen molar-refractivity contribution in [2.45, 2.75) is 32.6 Å². The highest BCUT2D eigenvalue weighted by atomic mass is 16.5. The van der Waals surface area contributed by atoms with Crippen LogP contribution in [0.5, 0.6) is 5.75 Å². The molecular formula is C27H31N5O2. The van der Waals surface area contributed by atoms with Crippen molar-refractivity contribution in [3.63, 3.8) is 0 Å². The lowest BCUT2D eigenvalue weighted by Crippen LogP contribution is -2.39. The molecule has 1 aromatic heterocycles. The maximum Gasteiger partial charge on any atom is 0.239 e. The minimum absolute atomic E-state index is 0.123. The number of hydrogen-bond acceptors (Lipinski definition) is 5. The number of carbonyl (C=O) groups is 1. The summed E-state index contributed by atoms with van der Waals surface area (Å²) in [7, 11) is 0. The Morgan fingerprint density at radius 1 is 1.15 bits per heavy atom. The summed E-state index contributed by atoms with van der Waals surface area (Å²) in [4.78, 5) is 15.0. The van der Waals surface area contributed by atoms with Gasteiger partial charge in [0.05, 0.1) is 25.0 Å². The third-order valence-corrected chi connectivity index (χ3v) is 6.30. The number of para-hydroxylation sites is 1. The molecule has 2 heterocycles. The van der Waals surface area contributed by atoms with Crippen LogP contribution in [0.1, 0.15) is 37.3 Å². The molecule has 1 saturated heterocycles. The monoisotopic (exact) mass is 457 g/mol. The van der Waals surface area contributed by atoms with Crippen molar-refractivity contribution in [1.82, 2.24) is 14.7 Å². The second-order valence-electron chi connectivity index (χ2n) is 8.65. The second-order valence-corrected chi connectivity index (χ2v) is 8.65. The molecular weight excluding hydrogens is 426 g/mol. The summed E-state index contributed by atoms with van der Waals surface area (Å²) in [6.07, 6.45) is 5.90. The average Bonchev–Trinajstić information content (AvgIpc) is 3.27. The van der Waals surface area contributed by atoms with E-state index in [1.165, 1.54) is 11.8 Å². The van der Waals surface area contributed by atoms with Crippen LogP contribution < -0.4 is 10.1 Å². The first kappa shape index (κ1) is 23.5. The summed E-state index contributed by atoms with van der Waals surface area (Å²) in [6, 6.07) is 20.0. The Morgan fingerprint density at radius 3 is 2.56 bits per heavy atom. The van der Waals surface area contributed by atoms with Crippen molar-refractivity contribution in [2.75, 3.05) is 31.6 Å². The first-order valence-electron chi connectivity index (χ1n) is 11.9. The van der Waals surface area contributed by atoms with Crippen LogP contribution in [-0.4, -0.2) is 46.8 Å². The Kier molecular flexibility index (Phi) is 7.95. The van der Waals surface area contributed by atoms with Crippen molar-refractivity contribution in [1.29, 1.82) is 5.26 Å². The fourth-order valence-corrected chi connectivity index (χ4v) is 4.41. The molecule has 3 aromatic rings. The number of piperidine rings is 1. The number of ether oxygens (including phenoxy) is 1. The van der Waals surface area contributed by atoms with Crippen LogP contribution >= 0.6 is 0 Å². The highest BCUT2D eigenvalue weighted by Crippen LogP contribution is 2.24. The van der Waals surface area contributed by atoms with Gasteiger partial charge in [-0.1, -0.05) is 30.3 Å². The van der Waals surface area contributed by atoms with Crippen molar-refractivity contribution in [3.05, 3.63) is 71.9 Å². The predicted octanol–water partition coefficient (Wildman–Crippen LogP) is 4.43. The van der Waals surface area contributed by atoms with Crippen molar-refractivity contribution in [3.8, 4) is 17.5 Å². The molecule has 0 spiro atoms. The van der Waals surface area contributed by atoms with Gasteiger partial charge in [-0.2, -0.15) is 10.4 Å². The Hall–Kier alpha value is -3.63. The van der Waals surface area contributed by atoms with Gasteiger partial charge >= 0.3 is 0 Å². The predicted molar refractivity (Wildman–Crippen MR) is 132 cm³/mol. The van der Waals surface area contributed by atoms with E-state index in [1.807, 2.05) is 49.4 Å². The number of anilines is 1. The van der Waals surface area contributed by atoms with E-state index < -0.39 is 0 Å². The minimum Gasteiger partial charge on any atom is -0.494 e. The van der Waals surface area contributed by atoms with E-state index in [1.54, 1.807) is 4.68 Å². The van der Waals surface area contributed by atoms with Gasteiger partial charge < -0.3 is 10.1 Å². The molecule has 7 nitrogen and oxygen atoms in total. The molecule has 7 heteroatoms. The van der Waals surface area contributed by atoms with Crippen LogP contribution in [0.15, 0.2) is 60.8 Å². The summed E-state index contributed by atoms with van der Waals surface area (Å²) >= 11 is 0. The van der Waals surface area contributed by atoms with Crippen molar-refractivity contribution >= 4 is 11.7 Å². The van der Waals surface area contributed by atoms with E-state index >= 15 is 0 Å². The van der Waals surface area contributed by atoms with Gasteiger partial charge in [0, 0.05) is 0 Å². The largest absolute Gasteiger partial charge is 0.494 e. The van der Waals surface area contributed by atoms with E-state index in [2.05, 4.69) is 33.5 Å². The summed E-state index contributed by atoms with van der Waals surface area (Å²) in [5, 5.41) is 16.6. The topological polar surface area (TPSA) is 83.2 Å². The van der Waals surface area contributed by atoms with Gasteiger partial charge in [-0.25, -0.2) is 4.68 Å². The number of nitrogens with zero attached hydrogens (tertiary/aromatic N) is 4. The number of amides is 1. The molecule has 176 valence electrons. The normalized spacial score (nSPS) is 14.5. The number of likely N-dealkylation sites (tertiary alicyclic amines) is 1. The number of nitrogens with one attached hydrogen (secondary N) is 1. The molecule has 0 saturated carbocycles. The second kappa shape index (κ2) is 11.5. The fraction of sp³-hybridized carbons (Fsp3) is 0.370. The fourth-order valence-electron chi connectivity index (χ4n) is 4.41. The molecule has 2 aromatic carbocycles. The van der Waals surface area contributed by atoms with Crippen molar-refractivity contribution < 1.29 is 9.53 Å². The number of hydrogen-bond donors (Lipinski definition) is 1. The summed E-state index contributed by atoms with van der Waals surface area (Å²) < 4.78 is 7.12. The van der Waals surface area contributed by atoms with Crippen LogP contribution in [0.4, 0.5) is 5.82 Å². The Labute approximate surface area is 201 Å². The summed E-state index contributed by atoms with van der Waals surface area (Å²) in [5.74, 6) is 1.90. The van der Waals surface area contributed by atoms with Gasteiger partial charge in [-0.05, 0) is 81.4 Å². The van der Waals surface area contributed by atoms with Crippen LogP contribution in [0.2, 0.25) is 0 Å². The van der Waals surface area contributed by atoms with Crippen LogP contribution in [-0.2, 0) is 11.2 Å². The molecule has 1 N–H and O–H groups in total. The standard InChI is InChI=1S/C27H31N5O2/c1-2-34-25-12-10-21(11-13-25)8-9-22-14-16-31(17-15-22)20-26(33)30-27-23(18-28)19-29-32(27)24-6-4-3-5-7-24/h3-7,10-13,19,22H,2,8-9,14-17,20H2,1H3,(H,30,33). The molecule has 1 aliphatic rings. The average molecular weight is 458 g/mol. The number of aromatic nitrogens is 2. The molecule has 34 heavy (non-hydrogen) atoms. The van der Waals surface area contributed by atoms with E-state index in [0.29, 0.717) is 30.5 Å². The number of aryl methyl sites for hydroxylation is 1. The molecule has 0 radical (unpaired) electrons. The molecule has 0 bridgehead atoms. The molecule has 4 rings (SSSR count). The van der Waals surface area contributed by atoms with E-state index in [4.69, 9.17) is 4.74 Å². The van der Waals surface area contributed by atoms with Gasteiger partial charge in [-0.3, -0.25) is 9.69 Å². The third kappa shape index (κ3) is 6.03. The maximum absolute atomic E-state index is 12.8. The zero-order chi connectivity index (χ0) is 23.8. The van der Waals surface area contributed by atoms with E-state index in [0.717, 1.165) is 50.2 Å². The summed E-state index contributed by atoms with van der Waals surface area (Å²) in [5.41, 5.74) is 2.49. The number of nitriles is 1. The Morgan fingerprint density at radius 2 is 1.88 bits per heavy atom. The zero-order valence-corrected chi connectivity index (χ0v) is 19.6. The highest BCUT2D eigenvalue weighted by molar-refractivity contribution is 5.93. The third-order valence-electron chi connectivity index (χ3n) is 6.30. The van der Waals surface area contributed by atoms with Gasteiger partial charge in [0.2, 0.25) is 5.91 Å². The Bertz CT molecular complexity index is 1110. The van der Waals surface area contributed by atoms with E-state index in [-0.39, 0.29) is 5.91 Å². The zero-order valence-electron chi connectivity index (χ0n) is 19.6. The van der Waals surface area contributed by atoms with Gasteiger partial charge in [0.25, 0.3) is 0 Å². The van der Waals surface area contributed by atoms with Crippen LogP contribution in [0.3, 0.4) is 0 Å². The number of benzene rings is 2. The quantitative estimate of drug-likeness (QED) is 0.514. The number of carbonyl (C=O) groups excluding carboxylic acids is 1. The lowest BCUT2D eigenvalue weighted by molar-refractivity contribution is -0.117. The first-order valence-corrected chi connectivity index (χ1v) is 11.9. The lowest BCUT2D eigenvalue weighted by atomic mass is 9.90. The SMILES string of the molecule is CCOc1ccc(CCC2CCN(CC(=O)Nc3c(C#N)cnn3-c3ccccc3)CC2)cc1.